The zero-order valence-corrected chi connectivity index (χ0v) is 7.88. The van der Waals surface area contributed by atoms with Gasteiger partial charge in [0, 0.05) is 12.8 Å². The summed E-state index contributed by atoms with van der Waals surface area (Å²) in [6.45, 7) is 2.15. The van der Waals surface area contributed by atoms with Gasteiger partial charge in [-0.3, -0.25) is 4.79 Å². The van der Waals surface area contributed by atoms with E-state index in [0.29, 0.717) is 11.7 Å². The van der Waals surface area contributed by atoms with Gasteiger partial charge in [0.2, 0.25) is 0 Å². The zero-order valence-electron chi connectivity index (χ0n) is 7.88. The molecule has 1 rings (SSSR count). The van der Waals surface area contributed by atoms with Crippen LogP contribution in [0.3, 0.4) is 0 Å². The number of rotatable bonds is 4. The van der Waals surface area contributed by atoms with Crippen molar-refractivity contribution in [3.05, 3.63) is 12.2 Å². The van der Waals surface area contributed by atoms with Crippen molar-refractivity contribution >= 4 is 5.78 Å². The molecular formula is C11H18O. The molecule has 0 aromatic carbocycles. The fraction of sp³-hybridized carbons (Fsp3) is 0.727. The molecule has 0 aromatic rings. The van der Waals surface area contributed by atoms with Gasteiger partial charge in [0.05, 0.1) is 0 Å². The molecule has 1 heteroatoms. The predicted octanol–water partition coefficient (Wildman–Crippen LogP) is 3.10. The summed E-state index contributed by atoms with van der Waals surface area (Å²) in [5.41, 5.74) is 0. The maximum absolute atomic E-state index is 10.9. The Balaban J connectivity index is 2.08. The fourth-order valence-electron chi connectivity index (χ4n) is 1.75. The van der Waals surface area contributed by atoms with E-state index in [9.17, 15) is 4.79 Å². The molecule has 1 fully saturated rings. The van der Waals surface area contributed by atoms with Crippen LogP contribution in [0.25, 0.3) is 0 Å². The Morgan fingerprint density at radius 3 is 2.92 bits per heavy atom. The summed E-state index contributed by atoms with van der Waals surface area (Å²) in [4.78, 5) is 10.9. The lowest BCUT2D eigenvalue weighted by Crippen LogP contribution is -1.93. The van der Waals surface area contributed by atoms with Crippen LogP contribution >= 0.6 is 0 Å². The number of hydrogen-bond acceptors (Lipinski definition) is 1. The zero-order chi connectivity index (χ0) is 8.81. The topological polar surface area (TPSA) is 17.1 Å². The highest BCUT2D eigenvalue weighted by molar-refractivity contribution is 5.80. The van der Waals surface area contributed by atoms with Crippen LogP contribution < -0.4 is 0 Å². The predicted molar refractivity (Wildman–Crippen MR) is 51.0 cm³/mol. The third-order valence-corrected chi connectivity index (χ3v) is 2.49. The largest absolute Gasteiger partial charge is 0.300 e. The Morgan fingerprint density at radius 2 is 2.33 bits per heavy atom. The number of carbonyl (C=O) groups excluding carboxylic acids is 1. The van der Waals surface area contributed by atoms with Gasteiger partial charge in [0.25, 0.3) is 0 Å². The summed E-state index contributed by atoms with van der Waals surface area (Å²) in [5, 5.41) is 0. The first-order valence-corrected chi connectivity index (χ1v) is 4.99. The van der Waals surface area contributed by atoms with E-state index < -0.39 is 0 Å². The third kappa shape index (κ3) is 3.21. The van der Waals surface area contributed by atoms with Crippen LogP contribution in [0.15, 0.2) is 12.2 Å². The lowest BCUT2D eigenvalue weighted by atomic mass is 10.0. The van der Waals surface area contributed by atoms with Crippen molar-refractivity contribution in [1.29, 1.82) is 0 Å². The summed E-state index contributed by atoms with van der Waals surface area (Å²) in [6.07, 6.45) is 10.8. The van der Waals surface area contributed by atoms with Crippen LogP contribution in [0.4, 0.5) is 0 Å². The molecule has 1 nitrogen and oxygen atoms in total. The molecule has 12 heavy (non-hydrogen) atoms. The second-order valence-electron chi connectivity index (χ2n) is 3.60. The van der Waals surface area contributed by atoms with E-state index in [1.54, 1.807) is 0 Å². The molecule has 0 amide bonds. The number of Topliss-reactive ketones (excluding diaryl/α,β-unsaturated/α-hetero) is 1. The van der Waals surface area contributed by atoms with E-state index in [1.165, 1.54) is 6.42 Å². The standard InChI is InChI=1S/C11H18O/c1-2-3-4-5-6-10-7-8-11(12)9-10/h3-4,10H,2,5-9H2,1H3/b4-3-/t10-/m0/s1. The minimum atomic E-state index is 0.472. The second kappa shape index (κ2) is 5.13. The van der Waals surface area contributed by atoms with Gasteiger partial charge in [0.1, 0.15) is 5.78 Å². The van der Waals surface area contributed by atoms with E-state index >= 15 is 0 Å². The van der Waals surface area contributed by atoms with Gasteiger partial charge >= 0.3 is 0 Å². The van der Waals surface area contributed by atoms with Crippen LogP contribution in [0.5, 0.6) is 0 Å². The van der Waals surface area contributed by atoms with Crippen LogP contribution in [0, 0.1) is 5.92 Å². The van der Waals surface area contributed by atoms with Crippen LogP contribution in [-0.2, 0) is 4.79 Å². The molecule has 0 aliphatic heterocycles. The highest BCUT2D eigenvalue weighted by atomic mass is 16.1. The van der Waals surface area contributed by atoms with Gasteiger partial charge in [-0.2, -0.15) is 0 Å². The Labute approximate surface area is 74.9 Å². The van der Waals surface area contributed by atoms with Gasteiger partial charge in [-0.15, -0.1) is 0 Å². The lowest BCUT2D eigenvalue weighted by Gasteiger charge is -2.03. The van der Waals surface area contributed by atoms with Crippen molar-refractivity contribution in [1.82, 2.24) is 0 Å². The molecule has 0 heterocycles. The molecule has 0 aromatic heterocycles. The van der Waals surface area contributed by atoms with Crippen molar-refractivity contribution < 1.29 is 4.79 Å². The van der Waals surface area contributed by atoms with Crippen LogP contribution in [-0.4, -0.2) is 5.78 Å². The van der Waals surface area contributed by atoms with Gasteiger partial charge in [0.15, 0.2) is 0 Å². The number of hydrogen-bond donors (Lipinski definition) is 0. The van der Waals surface area contributed by atoms with Gasteiger partial charge in [-0.25, -0.2) is 0 Å². The Bertz CT molecular complexity index is 170. The molecular weight excluding hydrogens is 148 g/mol. The molecule has 0 radical (unpaired) electrons. The van der Waals surface area contributed by atoms with E-state index in [2.05, 4.69) is 19.1 Å². The normalized spacial score (nSPS) is 24.1. The Kier molecular flexibility index (Phi) is 4.06. The minimum absolute atomic E-state index is 0.472. The molecule has 0 spiro atoms. The highest BCUT2D eigenvalue weighted by Crippen LogP contribution is 2.26. The van der Waals surface area contributed by atoms with Crippen LogP contribution in [0.1, 0.15) is 45.4 Å². The first kappa shape index (κ1) is 9.50. The molecule has 0 bridgehead atoms. The first-order valence-electron chi connectivity index (χ1n) is 4.99. The summed E-state index contributed by atoms with van der Waals surface area (Å²) in [6, 6.07) is 0. The maximum Gasteiger partial charge on any atom is 0.133 e. The third-order valence-electron chi connectivity index (χ3n) is 2.49. The van der Waals surface area contributed by atoms with Crippen molar-refractivity contribution in [3.8, 4) is 0 Å². The van der Waals surface area contributed by atoms with Crippen molar-refractivity contribution in [2.24, 2.45) is 5.92 Å². The highest BCUT2D eigenvalue weighted by Gasteiger charge is 2.20. The lowest BCUT2D eigenvalue weighted by molar-refractivity contribution is -0.117. The quantitative estimate of drug-likeness (QED) is 0.586. The minimum Gasteiger partial charge on any atom is -0.300 e. The Hall–Kier alpha value is -0.590. The average molecular weight is 166 g/mol. The number of allylic oxidation sites excluding steroid dienone is 2. The maximum atomic E-state index is 10.9. The Morgan fingerprint density at radius 1 is 1.50 bits per heavy atom. The van der Waals surface area contributed by atoms with Crippen LogP contribution in [0.2, 0.25) is 0 Å². The average Bonchev–Trinajstić information content (AvgIpc) is 2.45. The number of carbonyl (C=O) groups is 1. The van der Waals surface area contributed by atoms with Crippen molar-refractivity contribution in [3.63, 3.8) is 0 Å². The molecule has 0 N–H and O–H groups in total. The molecule has 1 saturated carbocycles. The molecule has 68 valence electrons. The summed E-state index contributed by atoms with van der Waals surface area (Å²) in [5.74, 6) is 1.17. The summed E-state index contributed by atoms with van der Waals surface area (Å²) >= 11 is 0. The van der Waals surface area contributed by atoms with Gasteiger partial charge in [-0.1, -0.05) is 19.1 Å². The van der Waals surface area contributed by atoms with Gasteiger partial charge < -0.3 is 0 Å². The first-order chi connectivity index (χ1) is 5.83. The monoisotopic (exact) mass is 166 g/mol. The molecule has 0 unspecified atom stereocenters. The summed E-state index contributed by atoms with van der Waals surface area (Å²) < 4.78 is 0. The fourth-order valence-corrected chi connectivity index (χ4v) is 1.75. The molecule has 1 aliphatic carbocycles. The van der Waals surface area contributed by atoms with E-state index in [4.69, 9.17) is 0 Å². The number of ketones is 1. The van der Waals surface area contributed by atoms with E-state index in [-0.39, 0.29) is 0 Å². The molecule has 1 atom stereocenters. The molecule has 1 aliphatic rings. The molecule has 0 saturated heterocycles. The SMILES string of the molecule is CC/C=C\CC[C@H]1CCC(=O)C1. The van der Waals surface area contributed by atoms with E-state index in [1.807, 2.05) is 0 Å². The summed E-state index contributed by atoms with van der Waals surface area (Å²) in [7, 11) is 0. The van der Waals surface area contributed by atoms with Crippen molar-refractivity contribution in [2.45, 2.75) is 45.4 Å². The van der Waals surface area contributed by atoms with E-state index in [0.717, 1.165) is 32.1 Å². The van der Waals surface area contributed by atoms with Crippen molar-refractivity contribution in [2.75, 3.05) is 0 Å². The second-order valence-corrected chi connectivity index (χ2v) is 3.60. The smallest absolute Gasteiger partial charge is 0.133 e. The van der Waals surface area contributed by atoms with Gasteiger partial charge in [-0.05, 0) is 31.6 Å².